The maximum absolute atomic E-state index is 6.66. The Kier molecular flexibility index (Phi) is 5.25. The topological polar surface area (TPSA) is 43.9 Å². The highest BCUT2D eigenvalue weighted by Gasteiger charge is 2.20. The fourth-order valence-electron chi connectivity index (χ4n) is 7.02. The minimum absolute atomic E-state index is 0.630. The van der Waals surface area contributed by atoms with Crippen LogP contribution in [0.1, 0.15) is 0 Å². The summed E-state index contributed by atoms with van der Waals surface area (Å²) in [7, 11) is 0. The van der Waals surface area contributed by atoms with E-state index in [1.807, 2.05) is 18.2 Å². The third-order valence-corrected chi connectivity index (χ3v) is 9.19. The molecule has 3 aromatic heterocycles. The van der Waals surface area contributed by atoms with Gasteiger partial charge in [-0.3, -0.25) is 4.57 Å². The van der Waals surface area contributed by atoms with E-state index in [1.165, 1.54) is 16.5 Å². The van der Waals surface area contributed by atoms with Crippen LogP contribution in [-0.2, 0) is 0 Å². The van der Waals surface area contributed by atoms with E-state index >= 15 is 0 Å². The summed E-state index contributed by atoms with van der Waals surface area (Å²) in [6.07, 6.45) is 0. The third kappa shape index (κ3) is 3.67. The molecule has 0 bridgehead atoms. The predicted octanol–water partition coefficient (Wildman–Crippen LogP) is 11.1. The van der Waals surface area contributed by atoms with Crippen molar-refractivity contribution in [2.24, 2.45) is 0 Å². The molecule has 0 N–H and O–H groups in total. The van der Waals surface area contributed by atoms with Crippen molar-refractivity contribution in [1.82, 2.24) is 14.5 Å². The van der Waals surface area contributed by atoms with Gasteiger partial charge in [-0.25, -0.2) is 9.97 Å². The molecule has 0 radical (unpaired) electrons. The molecule has 0 spiro atoms. The lowest BCUT2D eigenvalue weighted by Gasteiger charge is -2.12. The summed E-state index contributed by atoms with van der Waals surface area (Å²) in [4.78, 5) is 10.4. The normalized spacial score (nSPS) is 11.9. The van der Waals surface area contributed by atoms with Crippen LogP contribution in [0.25, 0.3) is 93.8 Å². The molecule has 3 heterocycles. The van der Waals surface area contributed by atoms with E-state index in [2.05, 4.69) is 138 Å². The first kappa shape index (κ1) is 25.1. The zero-order valence-corrected chi connectivity index (χ0v) is 24.7. The number of nitrogens with zero attached hydrogens (tertiary/aromatic N) is 3. The monoisotopic (exact) mass is 587 g/mol. The maximum Gasteiger partial charge on any atom is 0.235 e. The van der Waals surface area contributed by atoms with Crippen LogP contribution >= 0.6 is 0 Å². The van der Waals surface area contributed by atoms with Crippen LogP contribution in [0.5, 0.6) is 0 Å². The van der Waals surface area contributed by atoms with Gasteiger partial charge in [-0.15, -0.1) is 0 Å². The van der Waals surface area contributed by atoms with Crippen molar-refractivity contribution >= 4 is 65.4 Å². The van der Waals surface area contributed by atoms with E-state index in [-0.39, 0.29) is 0 Å². The number of rotatable bonds is 3. The van der Waals surface area contributed by atoms with Crippen LogP contribution in [0.15, 0.2) is 156 Å². The van der Waals surface area contributed by atoms with Gasteiger partial charge in [-0.2, -0.15) is 0 Å². The van der Waals surface area contributed by atoms with Crippen molar-refractivity contribution in [2.75, 3.05) is 0 Å². The van der Waals surface area contributed by atoms with Crippen LogP contribution < -0.4 is 0 Å². The zero-order chi connectivity index (χ0) is 30.2. The Morgan fingerprint density at radius 3 is 2.00 bits per heavy atom. The van der Waals surface area contributed by atoms with E-state index in [4.69, 9.17) is 14.4 Å². The first-order valence-electron chi connectivity index (χ1n) is 15.5. The summed E-state index contributed by atoms with van der Waals surface area (Å²) in [5, 5.41) is 7.80. The molecule has 0 unspecified atom stereocenters. The minimum Gasteiger partial charge on any atom is -0.455 e. The van der Waals surface area contributed by atoms with E-state index in [1.54, 1.807) is 0 Å². The number of furan rings is 1. The van der Waals surface area contributed by atoms with Gasteiger partial charge in [-0.1, -0.05) is 115 Å². The highest BCUT2D eigenvalue weighted by molar-refractivity contribution is 6.21. The van der Waals surface area contributed by atoms with E-state index in [9.17, 15) is 0 Å². The number of benzene rings is 7. The summed E-state index contributed by atoms with van der Waals surface area (Å²) in [5.41, 5.74) is 9.02. The Balaban J connectivity index is 1.33. The quantitative estimate of drug-likeness (QED) is 0.207. The van der Waals surface area contributed by atoms with Gasteiger partial charge in [0.2, 0.25) is 5.95 Å². The Bertz CT molecular complexity index is 2790. The zero-order valence-electron chi connectivity index (χ0n) is 24.7. The molecule has 0 aliphatic heterocycles. The Hall–Kier alpha value is -6.26. The Morgan fingerprint density at radius 1 is 0.435 bits per heavy atom. The van der Waals surface area contributed by atoms with Crippen molar-refractivity contribution in [3.63, 3.8) is 0 Å². The van der Waals surface area contributed by atoms with Gasteiger partial charge < -0.3 is 4.42 Å². The number of hydrogen-bond donors (Lipinski definition) is 0. The lowest BCUT2D eigenvalue weighted by molar-refractivity contribution is 0.673. The van der Waals surface area contributed by atoms with Gasteiger partial charge in [-0.05, 0) is 46.8 Å². The summed E-state index contributed by atoms with van der Waals surface area (Å²) in [5.74, 6) is 0.630. The van der Waals surface area contributed by atoms with E-state index < -0.39 is 0 Å². The van der Waals surface area contributed by atoms with Gasteiger partial charge in [0.15, 0.2) is 0 Å². The van der Waals surface area contributed by atoms with E-state index in [0.717, 1.165) is 71.3 Å². The Morgan fingerprint density at radius 2 is 1.15 bits per heavy atom. The molecule has 4 heteroatoms. The standard InChI is InChI=1S/C42H25N3O/c1-3-11-26(12-4-1)29-20-22-37-33(23-29)34-24-35-31-21-19-27-13-7-8-16-30(27)41(31)46-39(35)25-38(34)45(37)42-43-36-18-10-9-17-32(36)40(44-42)28-14-5-2-6-15-28/h1-25H. The first-order valence-corrected chi connectivity index (χ1v) is 15.5. The van der Waals surface area contributed by atoms with E-state index in [0.29, 0.717) is 5.95 Å². The molecule has 0 aliphatic carbocycles. The molecule has 0 aliphatic rings. The van der Waals surface area contributed by atoms with Crippen molar-refractivity contribution in [1.29, 1.82) is 0 Å². The molecule has 0 fully saturated rings. The predicted molar refractivity (Wildman–Crippen MR) is 190 cm³/mol. The Labute approximate surface area is 263 Å². The van der Waals surface area contributed by atoms with Gasteiger partial charge in [0.25, 0.3) is 0 Å². The molecule has 0 atom stereocenters. The number of fused-ring (bicyclic) bond motifs is 9. The molecular weight excluding hydrogens is 562 g/mol. The number of hydrogen-bond acceptors (Lipinski definition) is 3. The van der Waals surface area contributed by atoms with Crippen LogP contribution in [0.3, 0.4) is 0 Å². The molecule has 10 rings (SSSR count). The lowest BCUT2D eigenvalue weighted by Crippen LogP contribution is -2.03. The average Bonchev–Trinajstić information content (AvgIpc) is 3.65. The van der Waals surface area contributed by atoms with Gasteiger partial charge >= 0.3 is 0 Å². The molecule has 0 saturated heterocycles. The van der Waals surface area contributed by atoms with Crippen molar-refractivity contribution in [3.05, 3.63) is 152 Å². The van der Waals surface area contributed by atoms with Gasteiger partial charge in [0.05, 0.1) is 22.2 Å². The molecule has 4 nitrogen and oxygen atoms in total. The molecule has 0 saturated carbocycles. The SMILES string of the molecule is c1ccc(-c2ccc3c(c2)c2cc4c(cc2n3-c2nc(-c3ccccc3)c3ccccc3n2)oc2c3ccccc3ccc42)cc1. The average molecular weight is 588 g/mol. The maximum atomic E-state index is 6.66. The summed E-state index contributed by atoms with van der Waals surface area (Å²) in [6.45, 7) is 0. The fraction of sp³-hybridized carbons (Fsp3) is 0. The van der Waals surface area contributed by atoms with Crippen molar-refractivity contribution < 1.29 is 4.42 Å². The second-order valence-electron chi connectivity index (χ2n) is 11.8. The number of para-hydroxylation sites is 1. The largest absolute Gasteiger partial charge is 0.455 e. The van der Waals surface area contributed by atoms with Crippen LogP contribution in [0.4, 0.5) is 0 Å². The van der Waals surface area contributed by atoms with Crippen molar-refractivity contribution in [3.8, 4) is 28.3 Å². The smallest absolute Gasteiger partial charge is 0.235 e. The first-order chi connectivity index (χ1) is 22.8. The fourth-order valence-corrected chi connectivity index (χ4v) is 7.02. The summed E-state index contributed by atoms with van der Waals surface area (Å²) in [6, 6.07) is 53.1. The molecule has 0 amide bonds. The highest BCUT2D eigenvalue weighted by atomic mass is 16.3. The van der Waals surface area contributed by atoms with Crippen LogP contribution in [-0.4, -0.2) is 14.5 Å². The van der Waals surface area contributed by atoms with Crippen LogP contribution in [0.2, 0.25) is 0 Å². The van der Waals surface area contributed by atoms with Crippen LogP contribution in [0, 0.1) is 0 Å². The highest BCUT2D eigenvalue weighted by Crippen LogP contribution is 2.41. The van der Waals surface area contributed by atoms with Gasteiger partial charge in [0, 0.05) is 43.9 Å². The molecule has 7 aromatic carbocycles. The number of aromatic nitrogens is 3. The summed E-state index contributed by atoms with van der Waals surface area (Å²) < 4.78 is 8.86. The lowest BCUT2D eigenvalue weighted by atomic mass is 10.0. The molecule has 214 valence electrons. The summed E-state index contributed by atoms with van der Waals surface area (Å²) >= 11 is 0. The van der Waals surface area contributed by atoms with Gasteiger partial charge in [0.1, 0.15) is 11.2 Å². The third-order valence-electron chi connectivity index (χ3n) is 9.19. The second-order valence-corrected chi connectivity index (χ2v) is 11.8. The molecular formula is C42H25N3O. The minimum atomic E-state index is 0.630. The van der Waals surface area contributed by atoms with Crippen molar-refractivity contribution in [2.45, 2.75) is 0 Å². The molecule has 10 aromatic rings. The second kappa shape index (κ2) is 9.62. The molecule has 46 heavy (non-hydrogen) atoms.